The van der Waals surface area contributed by atoms with E-state index in [1.165, 1.54) is 6.07 Å². The molecule has 0 aliphatic rings. The predicted molar refractivity (Wildman–Crippen MR) is 62.6 cm³/mol. The van der Waals surface area contributed by atoms with E-state index in [0.29, 0.717) is 5.02 Å². The smallest absolute Gasteiger partial charge is 0.127 e. The standard InChI is InChI=1S/C12H17ClFN/c1-2-11(15)5-3-4-9-6-7-10(13)8-12(9)14/h6-8,11H,2-5,15H2,1H3. The number of hydrogen-bond acceptors (Lipinski definition) is 1. The van der Waals surface area contributed by atoms with Crippen molar-refractivity contribution in [2.75, 3.05) is 0 Å². The van der Waals surface area contributed by atoms with E-state index in [4.69, 9.17) is 17.3 Å². The Bertz CT molecular complexity index is 314. The molecule has 2 N–H and O–H groups in total. The third-order valence-electron chi connectivity index (χ3n) is 2.56. The van der Waals surface area contributed by atoms with Gasteiger partial charge in [-0.05, 0) is 43.4 Å². The molecule has 0 amide bonds. The zero-order chi connectivity index (χ0) is 11.3. The molecular formula is C12H17ClFN. The van der Waals surface area contributed by atoms with Crippen LogP contribution < -0.4 is 5.73 Å². The summed E-state index contributed by atoms with van der Waals surface area (Å²) >= 11 is 5.66. The lowest BCUT2D eigenvalue weighted by molar-refractivity contribution is 0.553. The molecule has 0 saturated carbocycles. The van der Waals surface area contributed by atoms with Gasteiger partial charge in [0, 0.05) is 11.1 Å². The first kappa shape index (κ1) is 12.5. The molecule has 1 atom stereocenters. The Labute approximate surface area is 95.4 Å². The number of nitrogens with two attached hydrogens (primary N) is 1. The van der Waals surface area contributed by atoms with Crippen molar-refractivity contribution in [1.82, 2.24) is 0 Å². The van der Waals surface area contributed by atoms with Gasteiger partial charge in [0.25, 0.3) is 0 Å². The number of rotatable bonds is 5. The summed E-state index contributed by atoms with van der Waals surface area (Å²) in [7, 11) is 0. The van der Waals surface area contributed by atoms with E-state index >= 15 is 0 Å². The van der Waals surface area contributed by atoms with E-state index in [0.717, 1.165) is 31.2 Å². The molecule has 3 heteroatoms. The molecule has 0 heterocycles. The van der Waals surface area contributed by atoms with Gasteiger partial charge in [0.15, 0.2) is 0 Å². The van der Waals surface area contributed by atoms with Gasteiger partial charge < -0.3 is 5.73 Å². The van der Waals surface area contributed by atoms with Crippen molar-refractivity contribution in [3.63, 3.8) is 0 Å². The lowest BCUT2D eigenvalue weighted by Crippen LogP contribution is -2.18. The summed E-state index contributed by atoms with van der Waals surface area (Å²) in [5.74, 6) is -0.215. The largest absolute Gasteiger partial charge is 0.328 e. The van der Waals surface area contributed by atoms with Crippen molar-refractivity contribution >= 4 is 11.6 Å². The molecule has 1 nitrogen and oxygen atoms in total. The molecule has 0 saturated heterocycles. The van der Waals surface area contributed by atoms with Crippen LogP contribution in [-0.4, -0.2) is 6.04 Å². The minimum Gasteiger partial charge on any atom is -0.328 e. The SMILES string of the molecule is CCC(N)CCCc1ccc(Cl)cc1F. The van der Waals surface area contributed by atoms with E-state index in [1.807, 2.05) is 0 Å². The zero-order valence-electron chi connectivity index (χ0n) is 8.97. The molecule has 0 aromatic heterocycles. The van der Waals surface area contributed by atoms with Crippen LogP contribution in [0.25, 0.3) is 0 Å². The van der Waals surface area contributed by atoms with Crippen molar-refractivity contribution in [2.24, 2.45) is 5.73 Å². The Morgan fingerprint density at radius 1 is 1.47 bits per heavy atom. The Morgan fingerprint density at radius 2 is 2.20 bits per heavy atom. The highest BCUT2D eigenvalue weighted by molar-refractivity contribution is 6.30. The van der Waals surface area contributed by atoms with Crippen LogP contribution >= 0.6 is 11.6 Å². The highest BCUT2D eigenvalue weighted by Gasteiger charge is 2.04. The predicted octanol–water partition coefficient (Wildman–Crippen LogP) is 3.54. The highest BCUT2D eigenvalue weighted by Crippen LogP contribution is 2.16. The van der Waals surface area contributed by atoms with Crippen LogP contribution in [-0.2, 0) is 6.42 Å². The van der Waals surface area contributed by atoms with Gasteiger partial charge in [0.05, 0.1) is 0 Å². The quantitative estimate of drug-likeness (QED) is 0.821. The molecule has 84 valence electrons. The van der Waals surface area contributed by atoms with Crippen molar-refractivity contribution < 1.29 is 4.39 Å². The molecule has 1 aromatic rings. The summed E-state index contributed by atoms with van der Waals surface area (Å²) in [6, 6.07) is 5.06. The maximum atomic E-state index is 13.3. The molecule has 0 aliphatic carbocycles. The molecule has 0 fully saturated rings. The first-order chi connectivity index (χ1) is 7.13. The van der Waals surface area contributed by atoms with Gasteiger partial charge in [0.1, 0.15) is 5.82 Å². The van der Waals surface area contributed by atoms with E-state index in [9.17, 15) is 4.39 Å². The van der Waals surface area contributed by atoms with E-state index in [2.05, 4.69) is 6.92 Å². The van der Waals surface area contributed by atoms with Crippen LogP contribution in [0.15, 0.2) is 18.2 Å². The van der Waals surface area contributed by atoms with E-state index in [1.54, 1.807) is 12.1 Å². The molecule has 0 radical (unpaired) electrons. The highest BCUT2D eigenvalue weighted by atomic mass is 35.5. The van der Waals surface area contributed by atoms with Crippen molar-refractivity contribution in [3.8, 4) is 0 Å². The van der Waals surface area contributed by atoms with Crippen LogP contribution in [0, 0.1) is 5.82 Å². The van der Waals surface area contributed by atoms with Crippen molar-refractivity contribution in [3.05, 3.63) is 34.6 Å². The van der Waals surface area contributed by atoms with Crippen LogP contribution in [0.5, 0.6) is 0 Å². The van der Waals surface area contributed by atoms with Gasteiger partial charge in [-0.15, -0.1) is 0 Å². The van der Waals surface area contributed by atoms with Gasteiger partial charge in [-0.3, -0.25) is 0 Å². The summed E-state index contributed by atoms with van der Waals surface area (Å²) < 4.78 is 13.3. The molecule has 0 aliphatic heterocycles. The molecule has 1 unspecified atom stereocenters. The maximum absolute atomic E-state index is 13.3. The van der Waals surface area contributed by atoms with Crippen LogP contribution in [0.2, 0.25) is 5.02 Å². The number of aryl methyl sites for hydroxylation is 1. The average Bonchev–Trinajstić information content (AvgIpc) is 2.21. The van der Waals surface area contributed by atoms with E-state index in [-0.39, 0.29) is 11.9 Å². The molecule has 1 rings (SSSR count). The second-order valence-corrected chi connectivity index (χ2v) is 4.23. The average molecular weight is 230 g/mol. The van der Waals surface area contributed by atoms with Crippen molar-refractivity contribution in [1.29, 1.82) is 0 Å². The number of halogens is 2. The first-order valence-corrected chi connectivity index (χ1v) is 5.70. The van der Waals surface area contributed by atoms with Crippen LogP contribution in [0.4, 0.5) is 4.39 Å². The second kappa shape index (κ2) is 6.09. The fraction of sp³-hybridized carbons (Fsp3) is 0.500. The second-order valence-electron chi connectivity index (χ2n) is 3.80. The van der Waals surface area contributed by atoms with Gasteiger partial charge >= 0.3 is 0 Å². The number of hydrogen-bond donors (Lipinski definition) is 1. The van der Waals surface area contributed by atoms with Crippen LogP contribution in [0.3, 0.4) is 0 Å². The topological polar surface area (TPSA) is 26.0 Å². The first-order valence-electron chi connectivity index (χ1n) is 5.33. The van der Waals surface area contributed by atoms with Gasteiger partial charge in [-0.1, -0.05) is 24.6 Å². The minimum atomic E-state index is -0.215. The Morgan fingerprint density at radius 3 is 2.80 bits per heavy atom. The summed E-state index contributed by atoms with van der Waals surface area (Å²) in [6.45, 7) is 2.06. The molecule has 15 heavy (non-hydrogen) atoms. The maximum Gasteiger partial charge on any atom is 0.127 e. The van der Waals surface area contributed by atoms with Gasteiger partial charge in [-0.2, -0.15) is 0 Å². The fourth-order valence-electron chi connectivity index (χ4n) is 1.48. The van der Waals surface area contributed by atoms with Crippen molar-refractivity contribution in [2.45, 2.75) is 38.6 Å². The van der Waals surface area contributed by atoms with Gasteiger partial charge in [0.2, 0.25) is 0 Å². The summed E-state index contributed by atoms with van der Waals surface area (Å²) in [5, 5.41) is 0.446. The summed E-state index contributed by atoms with van der Waals surface area (Å²) in [5.41, 5.74) is 6.51. The number of benzene rings is 1. The van der Waals surface area contributed by atoms with Crippen LogP contribution in [0.1, 0.15) is 31.7 Å². The molecule has 1 aromatic carbocycles. The Balaban J connectivity index is 2.44. The molecule has 0 bridgehead atoms. The van der Waals surface area contributed by atoms with E-state index < -0.39 is 0 Å². The third kappa shape index (κ3) is 4.18. The lowest BCUT2D eigenvalue weighted by atomic mass is 10.0. The Kier molecular flexibility index (Phi) is 5.06. The zero-order valence-corrected chi connectivity index (χ0v) is 9.73. The monoisotopic (exact) mass is 229 g/mol. The lowest BCUT2D eigenvalue weighted by Gasteiger charge is -2.08. The van der Waals surface area contributed by atoms with Gasteiger partial charge in [-0.25, -0.2) is 4.39 Å². The minimum absolute atomic E-state index is 0.215. The normalized spacial score (nSPS) is 12.8. The Hall–Kier alpha value is -0.600. The summed E-state index contributed by atoms with van der Waals surface area (Å²) in [6.07, 6.45) is 3.58. The third-order valence-corrected chi connectivity index (χ3v) is 2.80. The summed E-state index contributed by atoms with van der Waals surface area (Å²) in [4.78, 5) is 0. The molecule has 0 spiro atoms. The molecular weight excluding hydrogens is 213 g/mol. The fourth-order valence-corrected chi connectivity index (χ4v) is 1.64.